The number of nitrogens with two attached hydrogens (primary N) is 1. The molecule has 20 heavy (non-hydrogen) atoms. The lowest BCUT2D eigenvalue weighted by Gasteiger charge is -2.16. The van der Waals surface area contributed by atoms with E-state index in [1.54, 1.807) is 0 Å². The summed E-state index contributed by atoms with van der Waals surface area (Å²) in [4.78, 5) is 0. The van der Waals surface area contributed by atoms with Gasteiger partial charge in [0, 0.05) is 10.2 Å². The lowest BCUT2D eigenvalue weighted by molar-refractivity contribution is 0.244. The molecular formula is C16H19BrN2O. The molecule has 2 aromatic carbocycles. The van der Waals surface area contributed by atoms with E-state index in [0.717, 1.165) is 15.8 Å². The van der Waals surface area contributed by atoms with Crippen molar-refractivity contribution >= 4 is 33.0 Å². The van der Waals surface area contributed by atoms with Crippen molar-refractivity contribution in [2.24, 2.45) is 0 Å². The summed E-state index contributed by atoms with van der Waals surface area (Å²) in [5.74, 6) is 0.705. The van der Waals surface area contributed by atoms with Gasteiger partial charge in [0.05, 0.1) is 17.5 Å². The maximum absolute atomic E-state index is 6.15. The average molecular weight is 335 g/mol. The van der Waals surface area contributed by atoms with Crippen LogP contribution in [0.1, 0.15) is 19.4 Å². The van der Waals surface area contributed by atoms with Crippen LogP contribution in [0.15, 0.2) is 40.9 Å². The van der Waals surface area contributed by atoms with Crippen LogP contribution in [0.3, 0.4) is 0 Å². The minimum atomic E-state index is 0.0982. The minimum absolute atomic E-state index is 0.0982. The quantitative estimate of drug-likeness (QED) is 0.784. The Kier molecular flexibility index (Phi) is 4.55. The molecule has 0 aliphatic carbocycles. The maximum atomic E-state index is 6.15. The summed E-state index contributed by atoms with van der Waals surface area (Å²) in [5, 5.41) is 3.32. The van der Waals surface area contributed by atoms with Crippen molar-refractivity contribution in [3.63, 3.8) is 0 Å². The topological polar surface area (TPSA) is 47.3 Å². The number of halogens is 1. The van der Waals surface area contributed by atoms with Crippen molar-refractivity contribution in [1.29, 1.82) is 0 Å². The van der Waals surface area contributed by atoms with Crippen molar-refractivity contribution in [1.82, 2.24) is 0 Å². The number of aryl methyl sites for hydroxylation is 1. The van der Waals surface area contributed by atoms with E-state index in [9.17, 15) is 0 Å². The summed E-state index contributed by atoms with van der Waals surface area (Å²) in [7, 11) is 0. The van der Waals surface area contributed by atoms with Gasteiger partial charge in [0.2, 0.25) is 0 Å². The Labute approximate surface area is 128 Å². The van der Waals surface area contributed by atoms with Crippen LogP contribution in [-0.2, 0) is 0 Å². The second-order valence-corrected chi connectivity index (χ2v) is 5.83. The predicted octanol–water partition coefficient (Wildman–Crippen LogP) is 4.87. The van der Waals surface area contributed by atoms with Gasteiger partial charge in [-0.15, -0.1) is 0 Å². The van der Waals surface area contributed by atoms with Crippen molar-refractivity contribution in [3.8, 4) is 5.75 Å². The van der Waals surface area contributed by atoms with Crippen molar-refractivity contribution in [2.45, 2.75) is 26.9 Å². The van der Waals surface area contributed by atoms with Crippen LogP contribution < -0.4 is 15.8 Å². The molecule has 0 fully saturated rings. The molecule has 0 spiro atoms. The number of para-hydroxylation sites is 1. The van der Waals surface area contributed by atoms with Crippen molar-refractivity contribution in [3.05, 3.63) is 46.4 Å². The summed E-state index contributed by atoms with van der Waals surface area (Å²) >= 11 is 3.53. The van der Waals surface area contributed by atoms with E-state index in [1.165, 1.54) is 5.56 Å². The Bertz CT molecular complexity index is 611. The fourth-order valence-corrected chi connectivity index (χ4v) is 2.21. The number of hydrogen-bond donors (Lipinski definition) is 2. The molecule has 106 valence electrons. The highest BCUT2D eigenvalue weighted by atomic mass is 79.9. The SMILES string of the molecule is Cc1ccc(Nc2cccc(OC(C)C)c2N)cc1Br. The first kappa shape index (κ1) is 14.7. The van der Waals surface area contributed by atoms with Crippen molar-refractivity contribution in [2.75, 3.05) is 11.1 Å². The van der Waals surface area contributed by atoms with E-state index in [-0.39, 0.29) is 6.10 Å². The molecule has 2 aromatic rings. The van der Waals surface area contributed by atoms with E-state index in [1.807, 2.05) is 44.2 Å². The van der Waals surface area contributed by atoms with Crippen LogP contribution in [0.4, 0.5) is 17.1 Å². The lowest BCUT2D eigenvalue weighted by Crippen LogP contribution is -2.08. The number of rotatable bonds is 4. The highest BCUT2D eigenvalue weighted by Gasteiger charge is 2.08. The second kappa shape index (κ2) is 6.18. The Morgan fingerprint density at radius 2 is 1.95 bits per heavy atom. The molecule has 0 aliphatic rings. The number of nitrogens with one attached hydrogen (secondary N) is 1. The zero-order valence-corrected chi connectivity index (χ0v) is 13.5. The molecule has 0 radical (unpaired) electrons. The molecule has 3 nitrogen and oxygen atoms in total. The normalized spacial score (nSPS) is 10.7. The highest BCUT2D eigenvalue weighted by molar-refractivity contribution is 9.10. The first-order valence-corrected chi connectivity index (χ1v) is 7.35. The van der Waals surface area contributed by atoms with Crippen LogP contribution in [0.5, 0.6) is 5.75 Å². The summed E-state index contributed by atoms with van der Waals surface area (Å²) < 4.78 is 6.76. The summed E-state index contributed by atoms with van der Waals surface area (Å²) in [6.45, 7) is 6.02. The van der Waals surface area contributed by atoms with E-state index < -0.39 is 0 Å². The minimum Gasteiger partial charge on any atom is -0.489 e. The van der Waals surface area contributed by atoms with Gasteiger partial charge in [-0.25, -0.2) is 0 Å². The number of ether oxygens (including phenoxy) is 1. The first-order chi connectivity index (χ1) is 9.47. The molecule has 0 unspecified atom stereocenters. The molecule has 0 amide bonds. The molecule has 0 aromatic heterocycles. The van der Waals surface area contributed by atoms with Gasteiger partial charge in [-0.05, 0) is 50.6 Å². The van der Waals surface area contributed by atoms with Crippen LogP contribution in [0.25, 0.3) is 0 Å². The fraction of sp³-hybridized carbons (Fsp3) is 0.250. The van der Waals surface area contributed by atoms with E-state index in [0.29, 0.717) is 11.4 Å². The second-order valence-electron chi connectivity index (χ2n) is 4.97. The number of hydrogen-bond acceptors (Lipinski definition) is 3. The summed E-state index contributed by atoms with van der Waals surface area (Å²) in [6, 6.07) is 11.9. The third-order valence-electron chi connectivity index (χ3n) is 2.88. The van der Waals surface area contributed by atoms with Crippen molar-refractivity contribution < 1.29 is 4.74 Å². The molecule has 0 heterocycles. The number of nitrogen functional groups attached to an aromatic ring is 1. The first-order valence-electron chi connectivity index (χ1n) is 6.55. The van der Waals surface area contributed by atoms with E-state index >= 15 is 0 Å². The third-order valence-corrected chi connectivity index (χ3v) is 3.73. The van der Waals surface area contributed by atoms with Gasteiger partial charge in [0.15, 0.2) is 0 Å². The molecule has 3 N–H and O–H groups in total. The zero-order chi connectivity index (χ0) is 14.7. The predicted molar refractivity (Wildman–Crippen MR) is 88.8 cm³/mol. The van der Waals surface area contributed by atoms with Crippen LogP contribution in [0, 0.1) is 6.92 Å². The fourth-order valence-electron chi connectivity index (χ4n) is 1.84. The Balaban J connectivity index is 2.27. The maximum Gasteiger partial charge on any atom is 0.144 e. The van der Waals surface area contributed by atoms with E-state index in [4.69, 9.17) is 10.5 Å². The van der Waals surface area contributed by atoms with Crippen LogP contribution >= 0.6 is 15.9 Å². The summed E-state index contributed by atoms with van der Waals surface area (Å²) in [6.07, 6.45) is 0.0982. The Hall–Kier alpha value is -1.68. The Morgan fingerprint density at radius 1 is 1.20 bits per heavy atom. The molecule has 4 heteroatoms. The van der Waals surface area contributed by atoms with Gasteiger partial charge in [0.25, 0.3) is 0 Å². The smallest absolute Gasteiger partial charge is 0.144 e. The zero-order valence-electron chi connectivity index (χ0n) is 11.9. The standard InChI is InChI=1S/C16H19BrN2O/c1-10(2)20-15-6-4-5-14(16(15)18)19-12-8-7-11(3)13(17)9-12/h4-10,19H,18H2,1-3H3. The average Bonchev–Trinajstić information content (AvgIpc) is 2.38. The summed E-state index contributed by atoms with van der Waals surface area (Å²) in [5.41, 5.74) is 9.79. The molecule has 0 saturated heterocycles. The number of benzene rings is 2. The number of anilines is 3. The molecule has 0 saturated carbocycles. The van der Waals surface area contributed by atoms with Gasteiger partial charge in [-0.3, -0.25) is 0 Å². The van der Waals surface area contributed by atoms with Gasteiger partial charge >= 0.3 is 0 Å². The van der Waals surface area contributed by atoms with E-state index in [2.05, 4.69) is 34.2 Å². The molecular weight excluding hydrogens is 316 g/mol. The van der Waals surface area contributed by atoms with Crippen LogP contribution in [0.2, 0.25) is 0 Å². The molecule has 0 atom stereocenters. The monoisotopic (exact) mass is 334 g/mol. The Morgan fingerprint density at radius 3 is 2.60 bits per heavy atom. The highest BCUT2D eigenvalue weighted by Crippen LogP contribution is 2.33. The lowest BCUT2D eigenvalue weighted by atomic mass is 10.2. The largest absolute Gasteiger partial charge is 0.489 e. The van der Waals surface area contributed by atoms with Gasteiger partial charge in [0.1, 0.15) is 5.75 Å². The van der Waals surface area contributed by atoms with Crippen LogP contribution in [-0.4, -0.2) is 6.10 Å². The third kappa shape index (κ3) is 3.45. The molecule has 0 bridgehead atoms. The van der Waals surface area contributed by atoms with Gasteiger partial charge < -0.3 is 15.8 Å². The molecule has 2 rings (SSSR count). The molecule has 0 aliphatic heterocycles. The van der Waals surface area contributed by atoms with Gasteiger partial charge in [-0.2, -0.15) is 0 Å². The van der Waals surface area contributed by atoms with Gasteiger partial charge in [-0.1, -0.05) is 28.1 Å².